The number of anilines is 1. The third-order valence-electron chi connectivity index (χ3n) is 8.70. The van der Waals surface area contributed by atoms with Crippen molar-refractivity contribution in [3.05, 3.63) is 144 Å². The summed E-state index contributed by atoms with van der Waals surface area (Å²) in [5, 5.41) is 17.1. The van der Waals surface area contributed by atoms with Gasteiger partial charge in [0.05, 0.1) is 22.9 Å². The van der Waals surface area contributed by atoms with Gasteiger partial charge in [0.1, 0.15) is 22.8 Å². The Balaban J connectivity index is 0.906. The van der Waals surface area contributed by atoms with Crippen LogP contribution in [-0.2, 0) is 0 Å². The number of carbonyl (C=O) groups excluding carboxylic acids is 2. The Bertz CT molecular complexity index is 2220. The number of ether oxygens (including phenoxy) is 3. The monoisotopic (exact) mass is 694 g/mol. The number of aromatic nitrogens is 2. The minimum Gasteiger partial charge on any atom is -0.490 e. The van der Waals surface area contributed by atoms with Gasteiger partial charge in [-0.2, -0.15) is 0 Å². The van der Waals surface area contributed by atoms with E-state index in [-0.39, 0.29) is 40.7 Å². The molecule has 0 unspecified atom stereocenters. The van der Waals surface area contributed by atoms with Crippen LogP contribution in [0.3, 0.4) is 0 Å². The van der Waals surface area contributed by atoms with Crippen LogP contribution in [0.25, 0.3) is 10.8 Å². The lowest BCUT2D eigenvalue weighted by molar-refractivity contribution is 0.0697. The SMILES string of the molecule is O=C(Nc1ccccc1C(=O)O)c1ccc(Oc2ccc3cc(OC4CCC(NC(=O)c5cccnc5Oc5ccccc5)CC4)ccc3c2)nc1. The number of nitrogens with zero attached hydrogens (tertiary/aromatic N) is 2. The lowest BCUT2D eigenvalue weighted by Crippen LogP contribution is -2.39. The smallest absolute Gasteiger partial charge is 0.337 e. The molecule has 7 rings (SSSR count). The molecular weight excluding hydrogens is 660 g/mol. The molecule has 1 aliphatic rings. The van der Waals surface area contributed by atoms with Gasteiger partial charge in [0.2, 0.25) is 11.8 Å². The number of benzene rings is 4. The second-order valence-electron chi connectivity index (χ2n) is 12.3. The number of hydrogen-bond donors (Lipinski definition) is 3. The minimum atomic E-state index is -1.13. The van der Waals surface area contributed by atoms with E-state index in [1.165, 1.54) is 18.3 Å². The Morgan fingerprint density at radius 2 is 1.37 bits per heavy atom. The standard InChI is InChI=1S/C41H34N4O7/c46-38(45-36-11-5-4-9-34(36)41(48)49)28-14-21-37(43-25-28)51-33-18-13-26-23-32(17-12-27(26)24-33)50-31-19-15-29(16-20-31)44-39(47)35-10-6-22-42-40(35)52-30-7-2-1-3-8-30/h1-14,17-18,21-25,29,31H,15-16,19-20H2,(H,44,47)(H,45,46)(H,48,49). The number of carbonyl (C=O) groups is 3. The fourth-order valence-electron chi connectivity index (χ4n) is 6.03. The van der Waals surface area contributed by atoms with Crippen LogP contribution in [0.5, 0.6) is 29.0 Å². The molecule has 0 radical (unpaired) electrons. The molecule has 1 aliphatic carbocycles. The van der Waals surface area contributed by atoms with Crippen LogP contribution in [0.1, 0.15) is 56.8 Å². The van der Waals surface area contributed by atoms with Crippen LogP contribution in [0.4, 0.5) is 5.69 Å². The molecule has 52 heavy (non-hydrogen) atoms. The van der Waals surface area contributed by atoms with Gasteiger partial charge in [0, 0.05) is 24.5 Å². The van der Waals surface area contributed by atoms with Gasteiger partial charge >= 0.3 is 5.97 Å². The zero-order valence-electron chi connectivity index (χ0n) is 27.9. The molecule has 260 valence electrons. The van der Waals surface area contributed by atoms with E-state index in [2.05, 4.69) is 20.6 Å². The lowest BCUT2D eigenvalue weighted by Gasteiger charge is -2.29. The predicted molar refractivity (Wildman–Crippen MR) is 195 cm³/mol. The molecule has 0 saturated heterocycles. The Morgan fingerprint density at radius 1 is 0.654 bits per heavy atom. The summed E-state index contributed by atoms with van der Waals surface area (Å²) in [5.74, 6) is 0.706. The van der Waals surface area contributed by atoms with Crippen molar-refractivity contribution in [2.24, 2.45) is 0 Å². The molecular formula is C41H34N4O7. The van der Waals surface area contributed by atoms with Crippen LogP contribution >= 0.6 is 0 Å². The summed E-state index contributed by atoms with van der Waals surface area (Å²) < 4.78 is 18.2. The molecule has 3 N–H and O–H groups in total. The van der Waals surface area contributed by atoms with Crippen molar-refractivity contribution in [2.45, 2.75) is 37.8 Å². The van der Waals surface area contributed by atoms with Crippen LogP contribution < -0.4 is 24.8 Å². The minimum absolute atomic E-state index is 0.00397. The van der Waals surface area contributed by atoms with Crippen molar-refractivity contribution < 1.29 is 33.7 Å². The van der Waals surface area contributed by atoms with Gasteiger partial charge in [0.25, 0.3) is 11.8 Å². The molecule has 11 nitrogen and oxygen atoms in total. The molecule has 6 aromatic rings. The molecule has 2 heterocycles. The normalized spacial score (nSPS) is 15.3. The second kappa shape index (κ2) is 15.4. The van der Waals surface area contributed by atoms with Gasteiger partial charge in [-0.15, -0.1) is 0 Å². The second-order valence-corrected chi connectivity index (χ2v) is 12.3. The molecule has 0 atom stereocenters. The third kappa shape index (κ3) is 8.16. The molecule has 0 bridgehead atoms. The van der Waals surface area contributed by atoms with Crippen molar-refractivity contribution in [2.75, 3.05) is 5.32 Å². The summed E-state index contributed by atoms with van der Waals surface area (Å²) >= 11 is 0. The lowest BCUT2D eigenvalue weighted by atomic mass is 9.92. The maximum Gasteiger partial charge on any atom is 0.337 e. The van der Waals surface area contributed by atoms with Crippen LogP contribution in [0, 0.1) is 0 Å². The van der Waals surface area contributed by atoms with E-state index >= 15 is 0 Å². The molecule has 1 fully saturated rings. The summed E-state index contributed by atoms with van der Waals surface area (Å²) in [6.45, 7) is 0. The van der Waals surface area contributed by atoms with Crippen LogP contribution in [-0.4, -0.2) is 45.0 Å². The van der Waals surface area contributed by atoms with Crippen LogP contribution in [0.15, 0.2) is 128 Å². The number of nitrogens with one attached hydrogen (secondary N) is 2. The average molecular weight is 695 g/mol. The number of carboxylic acids is 1. The number of carboxylic acid groups (broad SMARTS) is 1. The van der Waals surface area contributed by atoms with Crippen molar-refractivity contribution >= 4 is 34.2 Å². The fourth-order valence-corrected chi connectivity index (χ4v) is 6.03. The van der Waals surface area contributed by atoms with E-state index in [1.54, 1.807) is 42.6 Å². The van der Waals surface area contributed by atoms with E-state index < -0.39 is 11.9 Å². The first-order valence-electron chi connectivity index (χ1n) is 16.8. The topological polar surface area (TPSA) is 149 Å². The molecule has 0 spiro atoms. The summed E-state index contributed by atoms with van der Waals surface area (Å²) in [5.41, 5.74) is 0.844. The van der Waals surface area contributed by atoms with Gasteiger partial charge < -0.3 is 30.0 Å². The molecule has 2 amide bonds. The van der Waals surface area contributed by atoms with Gasteiger partial charge in [-0.25, -0.2) is 14.8 Å². The van der Waals surface area contributed by atoms with E-state index in [1.807, 2.05) is 66.7 Å². The van der Waals surface area contributed by atoms with Crippen molar-refractivity contribution in [1.82, 2.24) is 15.3 Å². The van der Waals surface area contributed by atoms with Gasteiger partial charge in [-0.05, 0) is 103 Å². The average Bonchev–Trinajstić information content (AvgIpc) is 3.16. The summed E-state index contributed by atoms with van der Waals surface area (Å²) in [4.78, 5) is 45.9. The number of fused-ring (bicyclic) bond motifs is 1. The van der Waals surface area contributed by atoms with Gasteiger partial charge in [-0.1, -0.05) is 42.5 Å². The van der Waals surface area contributed by atoms with E-state index in [9.17, 15) is 19.5 Å². The summed E-state index contributed by atoms with van der Waals surface area (Å²) in [6.07, 6.45) is 6.20. The van der Waals surface area contributed by atoms with Gasteiger partial charge in [-0.3, -0.25) is 9.59 Å². The van der Waals surface area contributed by atoms with E-state index in [4.69, 9.17) is 14.2 Å². The van der Waals surface area contributed by atoms with Crippen LogP contribution in [0.2, 0.25) is 0 Å². The summed E-state index contributed by atoms with van der Waals surface area (Å²) in [6, 6.07) is 33.6. The molecule has 0 aliphatic heterocycles. The number of aromatic carboxylic acids is 1. The Hall–Kier alpha value is -6.75. The highest BCUT2D eigenvalue weighted by molar-refractivity contribution is 6.07. The zero-order valence-corrected chi connectivity index (χ0v) is 27.9. The highest BCUT2D eigenvalue weighted by Gasteiger charge is 2.25. The number of para-hydroxylation sites is 2. The number of amides is 2. The zero-order chi connectivity index (χ0) is 35.9. The molecule has 4 aromatic carbocycles. The van der Waals surface area contributed by atoms with Crippen molar-refractivity contribution in [1.29, 1.82) is 0 Å². The predicted octanol–water partition coefficient (Wildman–Crippen LogP) is 8.28. The highest BCUT2D eigenvalue weighted by atomic mass is 16.5. The first kappa shape index (κ1) is 33.7. The number of hydrogen-bond acceptors (Lipinski definition) is 8. The van der Waals surface area contributed by atoms with Crippen molar-refractivity contribution in [3.63, 3.8) is 0 Å². The maximum absolute atomic E-state index is 13.2. The number of pyridine rings is 2. The fraction of sp³-hybridized carbons (Fsp3) is 0.146. The van der Waals surface area contributed by atoms with Crippen molar-refractivity contribution in [3.8, 4) is 29.0 Å². The molecule has 11 heteroatoms. The maximum atomic E-state index is 13.2. The largest absolute Gasteiger partial charge is 0.490 e. The third-order valence-corrected chi connectivity index (χ3v) is 8.70. The summed E-state index contributed by atoms with van der Waals surface area (Å²) in [7, 11) is 0. The van der Waals surface area contributed by atoms with E-state index in [0.717, 1.165) is 42.2 Å². The van der Waals surface area contributed by atoms with Gasteiger partial charge in [0.15, 0.2) is 0 Å². The first-order valence-corrected chi connectivity index (χ1v) is 16.8. The van der Waals surface area contributed by atoms with E-state index in [0.29, 0.717) is 22.9 Å². The Labute approximate surface area is 299 Å². The quantitative estimate of drug-likeness (QED) is 0.122. The molecule has 1 saturated carbocycles. The highest BCUT2D eigenvalue weighted by Crippen LogP contribution is 2.30. The Morgan fingerprint density at radius 3 is 2.12 bits per heavy atom. The Kier molecular flexibility index (Phi) is 10.0. The first-order chi connectivity index (χ1) is 25.4. The molecule has 2 aromatic heterocycles. The number of rotatable bonds is 11.